The fourth-order valence-electron chi connectivity index (χ4n) is 2.28. The standard InChI is InChI=1S/C17H16N2O3/c1-10-4-5-12(8-16(10)21-3)17(20)19-13-6-7-15-14(9-13)18-11(2)22-15/h4-9H,1-3H3,(H,19,20). The third kappa shape index (κ3) is 2.65. The van der Waals surface area contributed by atoms with Gasteiger partial charge in [0, 0.05) is 18.2 Å². The Morgan fingerprint density at radius 2 is 2.00 bits per heavy atom. The number of carbonyl (C=O) groups is 1. The van der Waals surface area contributed by atoms with Crippen LogP contribution in [0.3, 0.4) is 0 Å². The molecule has 1 heterocycles. The Kier molecular flexibility index (Phi) is 3.55. The van der Waals surface area contributed by atoms with Gasteiger partial charge >= 0.3 is 0 Å². The maximum Gasteiger partial charge on any atom is 0.255 e. The summed E-state index contributed by atoms with van der Waals surface area (Å²) in [4.78, 5) is 16.6. The highest BCUT2D eigenvalue weighted by atomic mass is 16.5. The van der Waals surface area contributed by atoms with E-state index in [9.17, 15) is 4.79 Å². The minimum absolute atomic E-state index is 0.196. The number of hydrogen-bond donors (Lipinski definition) is 1. The Bertz CT molecular complexity index is 852. The van der Waals surface area contributed by atoms with Gasteiger partial charge in [-0.15, -0.1) is 0 Å². The highest BCUT2D eigenvalue weighted by Gasteiger charge is 2.10. The van der Waals surface area contributed by atoms with E-state index < -0.39 is 0 Å². The smallest absolute Gasteiger partial charge is 0.255 e. The molecule has 2 aromatic carbocycles. The van der Waals surface area contributed by atoms with Crippen molar-refractivity contribution < 1.29 is 13.9 Å². The molecule has 0 unspecified atom stereocenters. The summed E-state index contributed by atoms with van der Waals surface area (Å²) in [5, 5.41) is 2.85. The van der Waals surface area contributed by atoms with Gasteiger partial charge in [0.25, 0.3) is 5.91 Å². The van der Waals surface area contributed by atoms with Gasteiger partial charge in [0.1, 0.15) is 11.3 Å². The Balaban J connectivity index is 1.85. The molecule has 0 saturated carbocycles. The maximum atomic E-state index is 12.3. The number of aryl methyl sites for hydroxylation is 2. The number of aromatic nitrogens is 1. The van der Waals surface area contributed by atoms with Crippen molar-refractivity contribution in [3.05, 3.63) is 53.4 Å². The second kappa shape index (κ2) is 5.52. The van der Waals surface area contributed by atoms with E-state index in [1.54, 1.807) is 44.4 Å². The van der Waals surface area contributed by atoms with E-state index in [0.29, 0.717) is 28.5 Å². The fourth-order valence-corrected chi connectivity index (χ4v) is 2.28. The van der Waals surface area contributed by atoms with Crippen molar-refractivity contribution in [2.24, 2.45) is 0 Å². The predicted octanol–water partition coefficient (Wildman–Crippen LogP) is 3.71. The second-order valence-corrected chi connectivity index (χ2v) is 5.05. The van der Waals surface area contributed by atoms with Crippen LogP contribution in [0.4, 0.5) is 5.69 Å². The summed E-state index contributed by atoms with van der Waals surface area (Å²) in [6.45, 7) is 3.72. The molecule has 5 nitrogen and oxygen atoms in total. The highest BCUT2D eigenvalue weighted by molar-refractivity contribution is 6.05. The van der Waals surface area contributed by atoms with Gasteiger partial charge in [-0.25, -0.2) is 4.98 Å². The molecule has 1 N–H and O–H groups in total. The van der Waals surface area contributed by atoms with Crippen LogP contribution < -0.4 is 10.1 Å². The van der Waals surface area contributed by atoms with Crippen LogP contribution in [-0.2, 0) is 0 Å². The molecule has 22 heavy (non-hydrogen) atoms. The quantitative estimate of drug-likeness (QED) is 0.800. The summed E-state index contributed by atoms with van der Waals surface area (Å²) in [7, 11) is 1.59. The summed E-state index contributed by atoms with van der Waals surface area (Å²) in [5.74, 6) is 1.09. The fraction of sp³-hybridized carbons (Fsp3) is 0.176. The van der Waals surface area contributed by atoms with Gasteiger partial charge in [-0.05, 0) is 42.8 Å². The molecular formula is C17H16N2O3. The first kappa shape index (κ1) is 14.1. The number of oxazole rings is 1. The molecule has 0 aliphatic rings. The maximum absolute atomic E-state index is 12.3. The zero-order chi connectivity index (χ0) is 15.7. The van der Waals surface area contributed by atoms with Gasteiger partial charge in [-0.1, -0.05) is 6.07 Å². The molecule has 1 amide bonds. The number of carbonyl (C=O) groups excluding carboxylic acids is 1. The number of hydrogen-bond acceptors (Lipinski definition) is 4. The monoisotopic (exact) mass is 296 g/mol. The van der Waals surface area contributed by atoms with Crippen molar-refractivity contribution in [2.45, 2.75) is 13.8 Å². The largest absolute Gasteiger partial charge is 0.496 e. The minimum Gasteiger partial charge on any atom is -0.496 e. The molecule has 3 aromatic rings. The van der Waals surface area contributed by atoms with Crippen LogP contribution in [0.2, 0.25) is 0 Å². The summed E-state index contributed by atoms with van der Waals surface area (Å²) in [6.07, 6.45) is 0. The first-order chi connectivity index (χ1) is 10.6. The van der Waals surface area contributed by atoms with Crippen LogP contribution in [0.1, 0.15) is 21.8 Å². The molecule has 0 fully saturated rings. The van der Waals surface area contributed by atoms with Crippen molar-refractivity contribution in [3.8, 4) is 5.75 Å². The first-order valence-corrected chi connectivity index (χ1v) is 6.90. The van der Waals surface area contributed by atoms with E-state index >= 15 is 0 Å². The van der Waals surface area contributed by atoms with Crippen LogP contribution in [0.25, 0.3) is 11.1 Å². The van der Waals surface area contributed by atoms with Crippen LogP contribution in [0.15, 0.2) is 40.8 Å². The molecule has 0 spiro atoms. The molecule has 0 radical (unpaired) electrons. The number of nitrogens with one attached hydrogen (secondary N) is 1. The van der Waals surface area contributed by atoms with E-state index in [1.807, 2.05) is 13.0 Å². The van der Waals surface area contributed by atoms with Crippen molar-refractivity contribution in [2.75, 3.05) is 12.4 Å². The summed E-state index contributed by atoms with van der Waals surface area (Å²) in [5.41, 5.74) is 3.62. The normalized spacial score (nSPS) is 10.7. The third-order valence-electron chi connectivity index (χ3n) is 3.42. The molecule has 0 atom stereocenters. The number of rotatable bonds is 3. The summed E-state index contributed by atoms with van der Waals surface area (Å²) >= 11 is 0. The number of methoxy groups -OCH3 is 1. The van der Waals surface area contributed by atoms with E-state index in [-0.39, 0.29) is 5.91 Å². The van der Waals surface area contributed by atoms with Crippen molar-refractivity contribution >= 4 is 22.7 Å². The Hall–Kier alpha value is -2.82. The molecular weight excluding hydrogens is 280 g/mol. The third-order valence-corrected chi connectivity index (χ3v) is 3.42. The lowest BCUT2D eigenvalue weighted by Crippen LogP contribution is -2.12. The van der Waals surface area contributed by atoms with E-state index in [4.69, 9.17) is 9.15 Å². The van der Waals surface area contributed by atoms with Crippen molar-refractivity contribution in [1.82, 2.24) is 4.98 Å². The number of anilines is 1. The Labute approximate surface area is 127 Å². The number of amides is 1. The van der Waals surface area contributed by atoms with E-state index in [0.717, 1.165) is 11.1 Å². The Morgan fingerprint density at radius 3 is 2.77 bits per heavy atom. The topological polar surface area (TPSA) is 64.4 Å². The number of ether oxygens (including phenoxy) is 1. The van der Waals surface area contributed by atoms with Gasteiger partial charge in [-0.2, -0.15) is 0 Å². The Morgan fingerprint density at radius 1 is 1.18 bits per heavy atom. The lowest BCUT2D eigenvalue weighted by atomic mass is 10.1. The molecule has 112 valence electrons. The van der Waals surface area contributed by atoms with E-state index in [2.05, 4.69) is 10.3 Å². The number of fused-ring (bicyclic) bond motifs is 1. The molecule has 0 bridgehead atoms. The zero-order valence-corrected chi connectivity index (χ0v) is 12.6. The van der Waals surface area contributed by atoms with Crippen molar-refractivity contribution in [3.63, 3.8) is 0 Å². The molecule has 0 aliphatic carbocycles. The van der Waals surface area contributed by atoms with Crippen LogP contribution in [0, 0.1) is 13.8 Å². The van der Waals surface area contributed by atoms with Gasteiger partial charge in [0.2, 0.25) is 0 Å². The average molecular weight is 296 g/mol. The lowest BCUT2D eigenvalue weighted by molar-refractivity contribution is 0.102. The zero-order valence-electron chi connectivity index (χ0n) is 12.6. The van der Waals surface area contributed by atoms with Gasteiger partial charge < -0.3 is 14.5 Å². The molecule has 5 heteroatoms. The molecule has 0 saturated heterocycles. The van der Waals surface area contributed by atoms with Crippen molar-refractivity contribution in [1.29, 1.82) is 0 Å². The molecule has 1 aromatic heterocycles. The number of nitrogens with zero attached hydrogens (tertiary/aromatic N) is 1. The second-order valence-electron chi connectivity index (χ2n) is 5.05. The first-order valence-electron chi connectivity index (χ1n) is 6.90. The average Bonchev–Trinajstić information content (AvgIpc) is 2.87. The van der Waals surface area contributed by atoms with Crippen LogP contribution in [-0.4, -0.2) is 18.0 Å². The number of benzene rings is 2. The minimum atomic E-state index is -0.196. The van der Waals surface area contributed by atoms with Gasteiger partial charge in [0.05, 0.1) is 7.11 Å². The summed E-state index contributed by atoms with van der Waals surface area (Å²) in [6, 6.07) is 10.7. The summed E-state index contributed by atoms with van der Waals surface area (Å²) < 4.78 is 10.7. The molecule has 0 aliphatic heterocycles. The van der Waals surface area contributed by atoms with Crippen LogP contribution >= 0.6 is 0 Å². The predicted molar refractivity (Wildman–Crippen MR) is 84.4 cm³/mol. The molecule has 3 rings (SSSR count). The lowest BCUT2D eigenvalue weighted by Gasteiger charge is -2.08. The SMILES string of the molecule is COc1cc(C(=O)Nc2ccc3oc(C)nc3c2)ccc1C. The van der Waals surface area contributed by atoms with Gasteiger partial charge in [-0.3, -0.25) is 4.79 Å². The van der Waals surface area contributed by atoms with Crippen LogP contribution in [0.5, 0.6) is 5.75 Å². The van der Waals surface area contributed by atoms with E-state index in [1.165, 1.54) is 0 Å². The highest BCUT2D eigenvalue weighted by Crippen LogP contribution is 2.22. The van der Waals surface area contributed by atoms with Gasteiger partial charge in [0.15, 0.2) is 11.5 Å².